The van der Waals surface area contributed by atoms with Gasteiger partial charge in [-0.2, -0.15) is 5.10 Å². The van der Waals surface area contributed by atoms with E-state index in [-0.39, 0.29) is 17.9 Å². The van der Waals surface area contributed by atoms with Crippen molar-refractivity contribution in [3.8, 4) is 11.4 Å². The quantitative estimate of drug-likeness (QED) is 0.815. The van der Waals surface area contributed by atoms with Crippen LogP contribution in [-0.2, 0) is 9.53 Å². The Morgan fingerprint density at radius 1 is 1.21 bits per heavy atom. The van der Waals surface area contributed by atoms with Crippen LogP contribution in [0.5, 0.6) is 0 Å². The first-order valence-corrected chi connectivity index (χ1v) is 9.97. The minimum atomic E-state index is -0.491. The Labute approximate surface area is 171 Å². The molecule has 1 aliphatic rings. The number of piperidine rings is 1. The Balaban J connectivity index is 1.45. The van der Waals surface area contributed by atoms with E-state index in [1.165, 1.54) is 0 Å². The predicted octanol–water partition coefficient (Wildman–Crippen LogP) is 3.76. The van der Waals surface area contributed by atoms with Crippen molar-refractivity contribution >= 4 is 17.7 Å². The molecule has 1 saturated heterocycles. The topological polar surface area (TPSA) is 100 Å². The molecule has 1 aromatic carbocycles. The molecule has 2 aromatic rings. The van der Waals surface area contributed by atoms with Gasteiger partial charge >= 0.3 is 6.09 Å². The third-order valence-corrected chi connectivity index (χ3v) is 4.76. The number of aromatic nitrogens is 3. The first-order valence-electron chi connectivity index (χ1n) is 9.97. The summed E-state index contributed by atoms with van der Waals surface area (Å²) in [5.74, 6) is 1.65. The number of H-pyrrole nitrogens is 1. The van der Waals surface area contributed by atoms with Crippen LogP contribution in [0.15, 0.2) is 24.3 Å². The molecule has 8 heteroatoms. The number of ether oxygens (including phenoxy) is 1. The molecule has 0 saturated carbocycles. The van der Waals surface area contributed by atoms with Crippen LogP contribution in [-0.4, -0.2) is 50.8 Å². The summed E-state index contributed by atoms with van der Waals surface area (Å²) in [7, 11) is 0. The minimum Gasteiger partial charge on any atom is -0.444 e. The van der Waals surface area contributed by atoms with Crippen molar-refractivity contribution in [2.24, 2.45) is 5.92 Å². The number of benzene rings is 1. The Morgan fingerprint density at radius 2 is 1.86 bits per heavy atom. The van der Waals surface area contributed by atoms with Crippen LogP contribution in [0.2, 0.25) is 0 Å². The van der Waals surface area contributed by atoms with Gasteiger partial charge in [0.05, 0.1) is 0 Å². The number of amides is 2. The fraction of sp³-hybridized carbons (Fsp3) is 0.524. The van der Waals surface area contributed by atoms with E-state index in [0.717, 1.165) is 29.9 Å². The molecule has 0 unspecified atom stereocenters. The number of carbonyl (C=O) groups is 2. The van der Waals surface area contributed by atoms with Crippen molar-refractivity contribution in [3.05, 3.63) is 30.1 Å². The van der Waals surface area contributed by atoms with E-state index >= 15 is 0 Å². The van der Waals surface area contributed by atoms with Gasteiger partial charge in [0.1, 0.15) is 11.4 Å². The van der Waals surface area contributed by atoms with Crippen LogP contribution in [0.3, 0.4) is 0 Å². The Morgan fingerprint density at radius 3 is 2.41 bits per heavy atom. The third-order valence-electron chi connectivity index (χ3n) is 4.76. The van der Waals surface area contributed by atoms with E-state index in [0.29, 0.717) is 25.3 Å². The molecule has 2 heterocycles. The van der Waals surface area contributed by atoms with Gasteiger partial charge in [-0.25, -0.2) is 9.78 Å². The second-order valence-corrected chi connectivity index (χ2v) is 8.48. The van der Waals surface area contributed by atoms with Crippen molar-refractivity contribution in [2.45, 2.75) is 52.6 Å². The van der Waals surface area contributed by atoms with E-state index in [9.17, 15) is 9.59 Å². The summed E-state index contributed by atoms with van der Waals surface area (Å²) in [6.45, 7) is 8.68. The number of aromatic amines is 1. The SMILES string of the molecule is Cc1nc(-c2ccc(NC(=O)CC3CCN(C(=O)OC(C)(C)C)CC3)cc2)n[nH]1. The maximum atomic E-state index is 12.4. The molecule has 2 amide bonds. The highest BCUT2D eigenvalue weighted by atomic mass is 16.6. The second kappa shape index (κ2) is 8.63. The van der Waals surface area contributed by atoms with Crippen LogP contribution in [0.1, 0.15) is 45.9 Å². The summed E-state index contributed by atoms with van der Waals surface area (Å²) in [6.07, 6.45) is 1.78. The van der Waals surface area contributed by atoms with Crippen molar-refractivity contribution in [1.29, 1.82) is 0 Å². The molecule has 2 N–H and O–H groups in total. The van der Waals surface area contributed by atoms with Crippen LogP contribution >= 0.6 is 0 Å². The molecule has 156 valence electrons. The lowest BCUT2D eigenvalue weighted by molar-refractivity contribution is -0.117. The molecule has 3 rings (SSSR count). The second-order valence-electron chi connectivity index (χ2n) is 8.48. The summed E-state index contributed by atoms with van der Waals surface area (Å²) in [6, 6.07) is 7.48. The van der Waals surface area contributed by atoms with Gasteiger partial charge in [0, 0.05) is 30.8 Å². The number of rotatable bonds is 4. The molecule has 29 heavy (non-hydrogen) atoms. The number of nitrogens with one attached hydrogen (secondary N) is 2. The number of aryl methyl sites for hydroxylation is 1. The first-order chi connectivity index (χ1) is 13.7. The largest absolute Gasteiger partial charge is 0.444 e. The number of hydrogen-bond donors (Lipinski definition) is 2. The summed E-state index contributed by atoms with van der Waals surface area (Å²) in [5, 5.41) is 9.89. The van der Waals surface area contributed by atoms with Crippen LogP contribution in [0.4, 0.5) is 10.5 Å². The molecule has 1 aliphatic heterocycles. The summed E-state index contributed by atoms with van der Waals surface area (Å²) in [4.78, 5) is 30.5. The number of carbonyl (C=O) groups excluding carboxylic acids is 2. The third kappa shape index (κ3) is 6.04. The van der Waals surface area contributed by atoms with Gasteiger partial charge in [-0.15, -0.1) is 0 Å². The summed E-state index contributed by atoms with van der Waals surface area (Å²) < 4.78 is 5.41. The molecule has 8 nitrogen and oxygen atoms in total. The maximum absolute atomic E-state index is 12.4. The average molecular weight is 399 g/mol. The lowest BCUT2D eigenvalue weighted by atomic mass is 9.93. The van der Waals surface area contributed by atoms with E-state index in [4.69, 9.17) is 4.74 Å². The monoisotopic (exact) mass is 399 g/mol. The smallest absolute Gasteiger partial charge is 0.410 e. The minimum absolute atomic E-state index is 0.0118. The fourth-order valence-electron chi connectivity index (χ4n) is 3.29. The van der Waals surface area contributed by atoms with Crippen LogP contribution in [0.25, 0.3) is 11.4 Å². The zero-order valence-electron chi connectivity index (χ0n) is 17.5. The van der Waals surface area contributed by atoms with Gasteiger partial charge in [-0.3, -0.25) is 9.89 Å². The fourth-order valence-corrected chi connectivity index (χ4v) is 3.29. The zero-order chi connectivity index (χ0) is 21.0. The molecule has 1 fully saturated rings. The standard InChI is InChI=1S/C21H29N5O3/c1-14-22-19(25-24-14)16-5-7-17(8-6-16)23-18(27)13-15-9-11-26(12-10-15)20(28)29-21(2,3)4/h5-8,15H,9-13H2,1-4H3,(H,23,27)(H,22,24,25). The first kappa shape index (κ1) is 20.8. The molecule has 1 aromatic heterocycles. The molecular weight excluding hydrogens is 370 g/mol. The van der Waals surface area contributed by atoms with Crippen LogP contribution in [0, 0.1) is 12.8 Å². The van der Waals surface area contributed by atoms with Gasteiger partial charge in [0.15, 0.2) is 5.82 Å². The highest BCUT2D eigenvalue weighted by molar-refractivity contribution is 5.91. The highest BCUT2D eigenvalue weighted by Gasteiger charge is 2.27. The van der Waals surface area contributed by atoms with Crippen molar-refractivity contribution in [1.82, 2.24) is 20.1 Å². The Bertz CT molecular complexity index is 846. The lowest BCUT2D eigenvalue weighted by Crippen LogP contribution is -2.42. The van der Waals surface area contributed by atoms with E-state index in [1.54, 1.807) is 4.90 Å². The van der Waals surface area contributed by atoms with Gasteiger partial charge < -0.3 is 15.0 Å². The average Bonchev–Trinajstić information content (AvgIpc) is 3.08. The van der Waals surface area contributed by atoms with E-state index in [1.807, 2.05) is 52.0 Å². The van der Waals surface area contributed by atoms with E-state index < -0.39 is 5.60 Å². The molecule has 0 atom stereocenters. The summed E-state index contributed by atoms with van der Waals surface area (Å²) >= 11 is 0. The lowest BCUT2D eigenvalue weighted by Gasteiger charge is -2.33. The molecule has 0 bridgehead atoms. The van der Waals surface area contributed by atoms with Crippen LogP contribution < -0.4 is 5.32 Å². The molecule has 0 aliphatic carbocycles. The summed E-state index contributed by atoms with van der Waals surface area (Å²) in [5.41, 5.74) is 1.15. The molecule has 0 radical (unpaired) electrons. The Hall–Kier alpha value is -2.90. The normalized spacial score (nSPS) is 15.2. The molecule has 0 spiro atoms. The molecular formula is C21H29N5O3. The van der Waals surface area contributed by atoms with Gasteiger partial charge in [-0.1, -0.05) is 0 Å². The number of anilines is 1. The van der Waals surface area contributed by atoms with Gasteiger partial charge in [0.2, 0.25) is 5.91 Å². The number of likely N-dealkylation sites (tertiary alicyclic amines) is 1. The predicted molar refractivity (Wildman–Crippen MR) is 110 cm³/mol. The maximum Gasteiger partial charge on any atom is 0.410 e. The Kier molecular flexibility index (Phi) is 6.20. The number of hydrogen-bond acceptors (Lipinski definition) is 5. The van der Waals surface area contributed by atoms with Crippen molar-refractivity contribution in [2.75, 3.05) is 18.4 Å². The van der Waals surface area contributed by atoms with Gasteiger partial charge in [-0.05, 0) is 70.7 Å². The number of nitrogens with zero attached hydrogens (tertiary/aromatic N) is 3. The van der Waals surface area contributed by atoms with Crippen molar-refractivity contribution < 1.29 is 14.3 Å². The van der Waals surface area contributed by atoms with Gasteiger partial charge in [0.25, 0.3) is 0 Å². The zero-order valence-corrected chi connectivity index (χ0v) is 17.5. The van der Waals surface area contributed by atoms with Crippen molar-refractivity contribution in [3.63, 3.8) is 0 Å². The highest BCUT2D eigenvalue weighted by Crippen LogP contribution is 2.23. The van der Waals surface area contributed by atoms with E-state index in [2.05, 4.69) is 20.5 Å².